The Hall–Kier alpha value is -1.50. The van der Waals surface area contributed by atoms with Crippen molar-refractivity contribution in [1.82, 2.24) is 4.57 Å². The third kappa shape index (κ3) is 2.49. The van der Waals surface area contributed by atoms with E-state index in [1.165, 1.54) is 11.1 Å². The third-order valence-corrected chi connectivity index (χ3v) is 2.12. The zero-order chi connectivity index (χ0) is 10.4. The molecule has 0 aliphatic carbocycles. The van der Waals surface area contributed by atoms with E-state index in [0.29, 0.717) is 0 Å². The van der Waals surface area contributed by atoms with Gasteiger partial charge in [-0.1, -0.05) is 18.2 Å². The Morgan fingerprint density at radius 3 is 1.79 bits per heavy atom. The Bertz CT molecular complexity index is 304. The number of rotatable bonds is 6. The number of nitrogens with zero attached hydrogens (tertiary/aromatic N) is 1. The van der Waals surface area contributed by atoms with Crippen molar-refractivity contribution < 1.29 is 0 Å². The van der Waals surface area contributed by atoms with Crippen molar-refractivity contribution in [2.45, 2.75) is 19.4 Å². The second-order valence-corrected chi connectivity index (χ2v) is 3.28. The number of hydrogen-bond donors (Lipinski definition) is 0. The molecule has 0 amide bonds. The van der Waals surface area contributed by atoms with Crippen LogP contribution in [0.4, 0.5) is 0 Å². The van der Waals surface area contributed by atoms with Crippen molar-refractivity contribution in [3.63, 3.8) is 0 Å². The van der Waals surface area contributed by atoms with Gasteiger partial charge < -0.3 is 4.57 Å². The van der Waals surface area contributed by atoms with Gasteiger partial charge in [-0.15, -0.1) is 19.7 Å². The van der Waals surface area contributed by atoms with Gasteiger partial charge >= 0.3 is 0 Å². The van der Waals surface area contributed by atoms with Gasteiger partial charge in [0.1, 0.15) is 0 Å². The smallest absolute Gasteiger partial charge is 0.0398 e. The van der Waals surface area contributed by atoms with Crippen LogP contribution in [0.25, 0.3) is 0 Å². The molecule has 0 atom stereocenters. The first-order chi connectivity index (χ1) is 6.81. The summed E-state index contributed by atoms with van der Waals surface area (Å²) in [6.45, 7) is 12.1. The molecular formula is C13H17N. The van der Waals surface area contributed by atoms with Crippen LogP contribution in [0, 0.1) is 0 Å². The fourth-order valence-corrected chi connectivity index (χ4v) is 1.54. The molecule has 0 aromatic carbocycles. The zero-order valence-electron chi connectivity index (χ0n) is 8.58. The zero-order valence-corrected chi connectivity index (χ0v) is 8.58. The van der Waals surface area contributed by atoms with Crippen molar-refractivity contribution in [3.05, 3.63) is 61.5 Å². The van der Waals surface area contributed by atoms with Crippen LogP contribution in [0.1, 0.15) is 11.1 Å². The van der Waals surface area contributed by atoms with Crippen LogP contribution >= 0.6 is 0 Å². The predicted octanol–water partition coefficient (Wildman–Crippen LogP) is 3.13. The van der Waals surface area contributed by atoms with E-state index in [0.717, 1.165) is 19.4 Å². The summed E-state index contributed by atoms with van der Waals surface area (Å²) in [7, 11) is 0. The van der Waals surface area contributed by atoms with Crippen LogP contribution in [0.2, 0.25) is 0 Å². The molecule has 74 valence electrons. The van der Waals surface area contributed by atoms with Crippen LogP contribution in [0.3, 0.4) is 0 Å². The minimum atomic E-state index is 0.862. The molecule has 0 radical (unpaired) electrons. The van der Waals surface area contributed by atoms with E-state index in [9.17, 15) is 0 Å². The summed E-state index contributed by atoms with van der Waals surface area (Å²) in [5, 5.41) is 0. The molecule has 0 saturated carbocycles. The molecule has 1 rings (SSSR count). The van der Waals surface area contributed by atoms with Gasteiger partial charge in [0, 0.05) is 18.9 Å². The van der Waals surface area contributed by atoms with E-state index in [2.05, 4.69) is 36.7 Å². The topological polar surface area (TPSA) is 4.93 Å². The average Bonchev–Trinajstić information content (AvgIpc) is 2.50. The number of allylic oxidation sites excluding steroid dienone is 3. The van der Waals surface area contributed by atoms with E-state index in [4.69, 9.17) is 0 Å². The fraction of sp³-hybridized carbons (Fsp3) is 0.231. The quantitative estimate of drug-likeness (QED) is 0.603. The molecule has 1 aromatic heterocycles. The minimum Gasteiger partial charge on any atom is -0.350 e. The predicted molar refractivity (Wildman–Crippen MR) is 62.4 cm³/mol. The first-order valence-corrected chi connectivity index (χ1v) is 4.82. The fourth-order valence-electron chi connectivity index (χ4n) is 1.54. The largest absolute Gasteiger partial charge is 0.350 e. The Kier molecular flexibility index (Phi) is 3.99. The van der Waals surface area contributed by atoms with Crippen LogP contribution in [0.5, 0.6) is 0 Å². The summed E-state index contributed by atoms with van der Waals surface area (Å²) >= 11 is 0. The Morgan fingerprint density at radius 2 is 1.43 bits per heavy atom. The molecule has 1 nitrogen and oxygen atoms in total. The average molecular weight is 187 g/mol. The lowest BCUT2D eigenvalue weighted by atomic mass is 10.1. The third-order valence-electron chi connectivity index (χ3n) is 2.12. The molecule has 0 spiro atoms. The molecule has 14 heavy (non-hydrogen) atoms. The molecular weight excluding hydrogens is 170 g/mol. The number of hydrogen-bond acceptors (Lipinski definition) is 0. The van der Waals surface area contributed by atoms with Crippen LogP contribution < -0.4 is 0 Å². The van der Waals surface area contributed by atoms with Crippen molar-refractivity contribution in [1.29, 1.82) is 0 Å². The maximum atomic E-state index is 3.76. The van der Waals surface area contributed by atoms with Crippen LogP contribution in [-0.2, 0) is 19.4 Å². The van der Waals surface area contributed by atoms with E-state index >= 15 is 0 Å². The standard InChI is InChI=1S/C13H17N/c1-4-7-12-10-14(9-6-3)11-13(12)8-5-2/h4-6,10-11H,1-3,7-9H2. The SMILES string of the molecule is C=CCc1cn(CC=C)cc1CC=C. The summed E-state index contributed by atoms with van der Waals surface area (Å²) in [5.41, 5.74) is 2.67. The van der Waals surface area contributed by atoms with Crippen molar-refractivity contribution >= 4 is 0 Å². The highest BCUT2D eigenvalue weighted by atomic mass is 14.9. The molecule has 0 aliphatic heterocycles. The van der Waals surface area contributed by atoms with Gasteiger partial charge in [-0.05, 0) is 24.0 Å². The molecule has 1 heteroatoms. The first-order valence-electron chi connectivity index (χ1n) is 4.82. The van der Waals surface area contributed by atoms with Gasteiger partial charge in [-0.2, -0.15) is 0 Å². The van der Waals surface area contributed by atoms with E-state index in [-0.39, 0.29) is 0 Å². The lowest BCUT2D eigenvalue weighted by Gasteiger charge is -1.94. The highest BCUT2D eigenvalue weighted by molar-refractivity contribution is 5.28. The van der Waals surface area contributed by atoms with E-state index in [1.54, 1.807) is 0 Å². The molecule has 0 unspecified atom stereocenters. The van der Waals surface area contributed by atoms with Crippen molar-refractivity contribution in [2.24, 2.45) is 0 Å². The summed E-state index contributed by atoms with van der Waals surface area (Å²) in [6, 6.07) is 0. The second kappa shape index (κ2) is 5.28. The maximum Gasteiger partial charge on any atom is 0.0398 e. The molecule has 0 bridgehead atoms. The van der Waals surface area contributed by atoms with Gasteiger partial charge in [0.2, 0.25) is 0 Å². The summed E-state index contributed by atoms with van der Waals surface area (Å²) < 4.78 is 2.14. The van der Waals surface area contributed by atoms with Crippen molar-refractivity contribution in [3.8, 4) is 0 Å². The van der Waals surface area contributed by atoms with Gasteiger partial charge in [0.05, 0.1) is 0 Å². The number of aromatic nitrogens is 1. The van der Waals surface area contributed by atoms with Gasteiger partial charge in [-0.25, -0.2) is 0 Å². The van der Waals surface area contributed by atoms with Gasteiger partial charge in [-0.3, -0.25) is 0 Å². The first kappa shape index (κ1) is 10.6. The lowest BCUT2D eigenvalue weighted by Crippen LogP contribution is -1.88. The maximum absolute atomic E-state index is 3.76. The Morgan fingerprint density at radius 1 is 0.929 bits per heavy atom. The van der Waals surface area contributed by atoms with E-state index in [1.807, 2.05) is 18.2 Å². The van der Waals surface area contributed by atoms with Gasteiger partial charge in [0.25, 0.3) is 0 Å². The minimum absolute atomic E-state index is 0.862. The summed E-state index contributed by atoms with van der Waals surface area (Å²) in [4.78, 5) is 0. The highest BCUT2D eigenvalue weighted by Gasteiger charge is 2.02. The summed E-state index contributed by atoms with van der Waals surface area (Å²) in [5.74, 6) is 0. The molecule has 1 aromatic rings. The normalized spacial score (nSPS) is 9.71. The van der Waals surface area contributed by atoms with Crippen molar-refractivity contribution in [2.75, 3.05) is 0 Å². The highest BCUT2D eigenvalue weighted by Crippen LogP contribution is 2.13. The monoisotopic (exact) mass is 187 g/mol. The molecule has 0 aliphatic rings. The molecule has 0 N–H and O–H groups in total. The second-order valence-electron chi connectivity index (χ2n) is 3.28. The Balaban J connectivity index is 2.91. The molecule has 0 saturated heterocycles. The Labute approximate surface area is 86.1 Å². The molecule has 0 fully saturated rings. The van der Waals surface area contributed by atoms with Gasteiger partial charge in [0.15, 0.2) is 0 Å². The summed E-state index contributed by atoms with van der Waals surface area (Å²) in [6.07, 6.45) is 11.9. The lowest BCUT2D eigenvalue weighted by molar-refractivity contribution is 0.826. The van der Waals surface area contributed by atoms with Crippen LogP contribution in [-0.4, -0.2) is 4.57 Å². The van der Waals surface area contributed by atoms with E-state index < -0.39 is 0 Å². The molecule has 1 heterocycles. The van der Waals surface area contributed by atoms with Crippen LogP contribution in [0.15, 0.2) is 50.4 Å².